The van der Waals surface area contributed by atoms with E-state index >= 15 is 0 Å². The Bertz CT molecular complexity index is 559. The van der Waals surface area contributed by atoms with Crippen molar-refractivity contribution in [1.29, 1.82) is 0 Å². The molecular formula is C25H43NO. The summed E-state index contributed by atoms with van der Waals surface area (Å²) in [6.07, 6.45) is 15.2. The first-order valence-corrected chi connectivity index (χ1v) is 12.2. The lowest BCUT2D eigenvalue weighted by Gasteiger charge is -2.59. The van der Waals surface area contributed by atoms with Crippen molar-refractivity contribution in [3.8, 4) is 0 Å². The van der Waals surface area contributed by atoms with Gasteiger partial charge in [0.1, 0.15) is 0 Å². The first kappa shape index (κ1) is 18.9. The van der Waals surface area contributed by atoms with Crippen LogP contribution in [0.2, 0.25) is 0 Å². The Labute approximate surface area is 167 Å². The quantitative estimate of drug-likeness (QED) is 0.674. The van der Waals surface area contributed by atoms with Crippen molar-refractivity contribution in [2.75, 3.05) is 13.7 Å². The summed E-state index contributed by atoms with van der Waals surface area (Å²) < 4.78 is 5.77. The molecule has 4 saturated carbocycles. The molecule has 9 atom stereocenters. The number of methoxy groups -OCH3 is 1. The lowest BCUT2D eigenvalue weighted by atomic mass is 9.46. The smallest absolute Gasteiger partial charge is 0.0574 e. The Hall–Kier alpha value is -0.0800. The molecule has 1 saturated heterocycles. The number of hydrogen-bond acceptors (Lipinski definition) is 2. The molecular weight excluding hydrogens is 330 g/mol. The third kappa shape index (κ3) is 3.03. The van der Waals surface area contributed by atoms with Crippen molar-refractivity contribution in [1.82, 2.24) is 5.32 Å². The first-order chi connectivity index (χ1) is 12.9. The predicted octanol–water partition coefficient (Wildman–Crippen LogP) is 5.66. The van der Waals surface area contributed by atoms with Gasteiger partial charge in [0.15, 0.2) is 0 Å². The highest BCUT2D eigenvalue weighted by molar-refractivity contribution is 5.07. The molecule has 0 aromatic rings. The molecule has 1 heterocycles. The van der Waals surface area contributed by atoms with Crippen LogP contribution in [0.5, 0.6) is 0 Å². The maximum atomic E-state index is 5.77. The summed E-state index contributed by atoms with van der Waals surface area (Å²) in [5, 5.41) is 3.82. The van der Waals surface area contributed by atoms with Gasteiger partial charge in [-0.15, -0.1) is 0 Å². The first-order valence-electron chi connectivity index (χ1n) is 12.2. The minimum absolute atomic E-state index is 0.380. The van der Waals surface area contributed by atoms with Gasteiger partial charge >= 0.3 is 0 Å². The van der Waals surface area contributed by atoms with Crippen LogP contribution in [-0.4, -0.2) is 25.3 Å². The van der Waals surface area contributed by atoms with Crippen LogP contribution in [-0.2, 0) is 4.74 Å². The Morgan fingerprint density at radius 1 is 0.815 bits per heavy atom. The topological polar surface area (TPSA) is 21.3 Å². The second-order valence-corrected chi connectivity index (χ2v) is 12.1. The summed E-state index contributed by atoms with van der Waals surface area (Å²) in [6.45, 7) is 8.80. The van der Waals surface area contributed by atoms with E-state index in [0.717, 1.165) is 41.4 Å². The van der Waals surface area contributed by atoms with Gasteiger partial charge in [-0.2, -0.15) is 0 Å². The van der Waals surface area contributed by atoms with E-state index in [9.17, 15) is 0 Å². The van der Waals surface area contributed by atoms with Gasteiger partial charge in [0.05, 0.1) is 6.10 Å². The van der Waals surface area contributed by atoms with Crippen molar-refractivity contribution in [2.24, 2.45) is 46.8 Å². The van der Waals surface area contributed by atoms with Crippen LogP contribution < -0.4 is 5.32 Å². The normalized spacial score (nSPS) is 54.2. The average Bonchev–Trinajstić information content (AvgIpc) is 3.23. The van der Waals surface area contributed by atoms with Gasteiger partial charge in [0, 0.05) is 12.6 Å². The van der Waals surface area contributed by atoms with Crippen LogP contribution in [0.3, 0.4) is 0 Å². The van der Waals surface area contributed by atoms with Gasteiger partial charge in [-0.3, -0.25) is 0 Å². The van der Waals surface area contributed by atoms with Crippen LogP contribution in [0.15, 0.2) is 0 Å². The summed E-state index contributed by atoms with van der Waals surface area (Å²) >= 11 is 0. The van der Waals surface area contributed by atoms with E-state index in [1.165, 1.54) is 57.9 Å². The second kappa shape index (κ2) is 6.73. The summed E-state index contributed by atoms with van der Waals surface area (Å²) in [6, 6.07) is 0. The minimum atomic E-state index is 0.380. The van der Waals surface area contributed by atoms with Crippen molar-refractivity contribution >= 4 is 0 Å². The largest absolute Gasteiger partial charge is 0.381 e. The lowest BCUT2D eigenvalue weighted by molar-refractivity contribution is -0.115. The fraction of sp³-hybridized carbons (Fsp3) is 1.00. The monoisotopic (exact) mass is 373 g/mol. The molecule has 5 aliphatic rings. The van der Waals surface area contributed by atoms with E-state index in [-0.39, 0.29) is 0 Å². The Balaban J connectivity index is 1.31. The maximum absolute atomic E-state index is 5.77. The number of fused-ring (bicyclic) bond motifs is 5. The van der Waals surface area contributed by atoms with E-state index in [0.29, 0.717) is 17.1 Å². The SMILES string of the molecule is CO[C@@H]1CC[C@]2(C)C3CC[C@@H]4[C@@H]([C@@H]5CNC(C)(C)C5)CC[C@H]4C3CC[C@H]2C1. The molecule has 0 amide bonds. The molecule has 0 bridgehead atoms. The molecule has 5 rings (SSSR count). The van der Waals surface area contributed by atoms with Crippen molar-refractivity contribution < 1.29 is 4.74 Å². The fourth-order valence-corrected chi connectivity index (χ4v) is 9.23. The van der Waals surface area contributed by atoms with E-state index in [4.69, 9.17) is 4.74 Å². The molecule has 27 heavy (non-hydrogen) atoms. The Morgan fingerprint density at radius 3 is 2.26 bits per heavy atom. The van der Waals surface area contributed by atoms with Gasteiger partial charge in [-0.25, -0.2) is 0 Å². The number of ether oxygens (including phenoxy) is 1. The van der Waals surface area contributed by atoms with Crippen molar-refractivity contribution in [3.05, 3.63) is 0 Å². The highest BCUT2D eigenvalue weighted by atomic mass is 16.5. The highest BCUT2D eigenvalue weighted by Crippen LogP contribution is 2.64. The molecule has 0 radical (unpaired) electrons. The molecule has 2 unspecified atom stereocenters. The van der Waals surface area contributed by atoms with E-state index in [1.807, 2.05) is 7.11 Å². The van der Waals surface area contributed by atoms with Crippen LogP contribution >= 0.6 is 0 Å². The average molecular weight is 374 g/mol. The minimum Gasteiger partial charge on any atom is -0.381 e. The third-order valence-electron chi connectivity index (χ3n) is 10.5. The molecule has 0 aromatic carbocycles. The molecule has 1 N–H and O–H groups in total. The summed E-state index contributed by atoms with van der Waals surface area (Å²) in [5.41, 5.74) is 1.00. The van der Waals surface area contributed by atoms with Crippen molar-refractivity contribution in [2.45, 2.75) is 96.6 Å². The molecule has 0 spiro atoms. The second-order valence-electron chi connectivity index (χ2n) is 12.1. The zero-order chi connectivity index (χ0) is 18.8. The number of rotatable bonds is 2. The Kier molecular flexibility index (Phi) is 4.71. The molecule has 5 fully saturated rings. The maximum Gasteiger partial charge on any atom is 0.0574 e. The van der Waals surface area contributed by atoms with E-state index in [1.54, 1.807) is 12.8 Å². The van der Waals surface area contributed by atoms with Gasteiger partial charge in [-0.1, -0.05) is 6.92 Å². The third-order valence-corrected chi connectivity index (χ3v) is 10.5. The zero-order valence-corrected chi connectivity index (χ0v) is 18.3. The van der Waals surface area contributed by atoms with Crippen LogP contribution in [0.1, 0.15) is 85.0 Å². The van der Waals surface area contributed by atoms with Gasteiger partial charge in [0.2, 0.25) is 0 Å². The van der Waals surface area contributed by atoms with Crippen LogP contribution in [0, 0.1) is 46.8 Å². The molecule has 154 valence electrons. The van der Waals surface area contributed by atoms with Crippen LogP contribution in [0.25, 0.3) is 0 Å². The van der Waals surface area contributed by atoms with E-state index < -0.39 is 0 Å². The molecule has 1 aliphatic heterocycles. The van der Waals surface area contributed by atoms with Gasteiger partial charge in [0.25, 0.3) is 0 Å². The Morgan fingerprint density at radius 2 is 1.52 bits per heavy atom. The van der Waals surface area contributed by atoms with Gasteiger partial charge < -0.3 is 10.1 Å². The predicted molar refractivity (Wildman–Crippen MR) is 112 cm³/mol. The summed E-state index contributed by atoms with van der Waals surface area (Å²) in [7, 11) is 1.93. The van der Waals surface area contributed by atoms with Crippen molar-refractivity contribution in [3.63, 3.8) is 0 Å². The fourth-order valence-electron chi connectivity index (χ4n) is 9.23. The lowest BCUT2D eigenvalue weighted by Crippen LogP contribution is -2.52. The molecule has 2 nitrogen and oxygen atoms in total. The highest BCUT2D eigenvalue weighted by Gasteiger charge is 2.57. The van der Waals surface area contributed by atoms with Crippen LogP contribution in [0.4, 0.5) is 0 Å². The summed E-state index contributed by atoms with van der Waals surface area (Å²) in [5.74, 6) is 7.11. The molecule has 2 heteroatoms. The van der Waals surface area contributed by atoms with E-state index in [2.05, 4.69) is 26.1 Å². The standard InChI is InChI=1S/C25H43NO/c1-24(2)14-16(15-26-24)19-7-8-21-20(19)9-10-23-22(21)6-5-17-13-18(27-4)11-12-25(17,23)3/h16-23,26H,5-15H2,1-4H3/t16-,17-,18+,19+,20+,21+,22?,23?,25-/m0/s1. The number of nitrogens with one attached hydrogen (secondary N) is 1. The molecule has 0 aromatic heterocycles. The summed E-state index contributed by atoms with van der Waals surface area (Å²) in [4.78, 5) is 0. The van der Waals surface area contributed by atoms with Gasteiger partial charge in [-0.05, 0) is 131 Å². The zero-order valence-electron chi connectivity index (χ0n) is 18.3. The molecule has 4 aliphatic carbocycles. The number of hydrogen-bond donors (Lipinski definition) is 1.